The molecule has 0 aliphatic rings. The van der Waals surface area contributed by atoms with Gasteiger partial charge in [0.15, 0.2) is 8.03 Å². The minimum atomic E-state index is -2.42. The zero-order valence-electron chi connectivity index (χ0n) is 5.42. The average molecular weight is 151 g/mol. The molecule has 0 aromatic heterocycles. The molecule has 0 saturated carbocycles. The third-order valence-corrected chi connectivity index (χ3v) is 1.47. The van der Waals surface area contributed by atoms with Crippen molar-refractivity contribution in [2.75, 3.05) is 13.3 Å². The van der Waals surface area contributed by atoms with E-state index in [9.17, 15) is 4.57 Å². The first-order valence-corrected chi connectivity index (χ1v) is 4.01. The number of oxime groups is 1. The molecule has 1 atom stereocenters. The van der Waals surface area contributed by atoms with E-state index >= 15 is 0 Å². The number of rotatable bonds is 3. The van der Waals surface area contributed by atoms with Gasteiger partial charge >= 0.3 is 0 Å². The highest BCUT2D eigenvalue weighted by atomic mass is 31.1. The van der Waals surface area contributed by atoms with E-state index in [0.717, 1.165) is 0 Å². The van der Waals surface area contributed by atoms with Gasteiger partial charge in [-0.3, -0.25) is 4.57 Å². The van der Waals surface area contributed by atoms with Gasteiger partial charge < -0.3 is 9.73 Å². The Morgan fingerprint density at radius 2 is 2.44 bits per heavy atom. The maximum Gasteiger partial charge on any atom is 0.194 e. The number of nitrogens with zero attached hydrogens (tertiary/aromatic N) is 1. The van der Waals surface area contributed by atoms with Gasteiger partial charge in [-0.2, -0.15) is 0 Å². The molecule has 0 aromatic rings. The summed E-state index contributed by atoms with van der Waals surface area (Å²) >= 11 is 0. The van der Waals surface area contributed by atoms with Crippen molar-refractivity contribution in [2.24, 2.45) is 5.16 Å². The van der Waals surface area contributed by atoms with Crippen molar-refractivity contribution in [3.8, 4) is 0 Å². The molecule has 1 unspecified atom stereocenters. The highest BCUT2D eigenvalue weighted by molar-refractivity contribution is 7.39. The first kappa shape index (κ1) is 8.66. The lowest BCUT2D eigenvalue weighted by Gasteiger charge is -1.92. The maximum absolute atomic E-state index is 10.1. The first-order chi connectivity index (χ1) is 4.16. The summed E-state index contributed by atoms with van der Waals surface area (Å²) in [6.45, 7) is 1.64. The molecule has 4 nitrogen and oxygen atoms in total. The van der Waals surface area contributed by atoms with Crippen LogP contribution in [0.25, 0.3) is 0 Å². The van der Waals surface area contributed by atoms with Crippen molar-refractivity contribution in [3.05, 3.63) is 0 Å². The predicted molar refractivity (Wildman–Crippen MR) is 36.2 cm³/mol. The van der Waals surface area contributed by atoms with Crippen LogP contribution < -0.4 is 0 Å². The minimum Gasteiger partial charge on any atom is -0.399 e. The third kappa shape index (κ3) is 5.53. The standard InChI is InChI=1S/C4H10NO3P/c1-4(5-8-2)3-9(6)7/h9H,3H2,1-2H3,(H,6,7). The molecule has 5 heteroatoms. The largest absolute Gasteiger partial charge is 0.399 e. The molecule has 0 amide bonds. The van der Waals surface area contributed by atoms with Crippen LogP contribution >= 0.6 is 8.03 Å². The second-order valence-corrected chi connectivity index (χ2v) is 2.72. The van der Waals surface area contributed by atoms with Crippen LogP contribution in [0, 0.1) is 0 Å². The van der Waals surface area contributed by atoms with Crippen LogP contribution in [0.5, 0.6) is 0 Å². The lowest BCUT2D eigenvalue weighted by atomic mass is 10.5. The molecule has 0 aromatic carbocycles. The monoisotopic (exact) mass is 151 g/mol. The lowest BCUT2D eigenvalue weighted by molar-refractivity contribution is 0.213. The fourth-order valence-electron chi connectivity index (χ4n) is 0.407. The highest BCUT2D eigenvalue weighted by Crippen LogP contribution is 2.11. The Balaban J connectivity index is 3.62. The van der Waals surface area contributed by atoms with Crippen molar-refractivity contribution < 1.29 is 14.3 Å². The molecule has 0 spiro atoms. The van der Waals surface area contributed by atoms with Crippen LogP contribution in [0.15, 0.2) is 5.16 Å². The number of hydrogen-bond donors (Lipinski definition) is 1. The Morgan fingerprint density at radius 3 is 2.78 bits per heavy atom. The summed E-state index contributed by atoms with van der Waals surface area (Å²) in [5, 5.41) is 3.45. The van der Waals surface area contributed by atoms with Crippen LogP contribution in [0.4, 0.5) is 0 Å². The van der Waals surface area contributed by atoms with Crippen molar-refractivity contribution in [1.29, 1.82) is 0 Å². The SMILES string of the molecule is CON=C(C)C[PH](=O)O. The van der Waals surface area contributed by atoms with E-state index in [2.05, 4.69) is 9.99 Å². The van der Waals surface area contributed by atoms with E-state index in [4.69, 9.17) is 4.89 Å². The predicted octanol–water partition coefficient (Wildman–Crippen LogP) is 0.476. The van der Waals surface area contributed by atoms with Crippen molar-refractivity contribution in [3.63, 3.8) is 0 Å². The fourth-order valence-corrected chi connectivity index (χ4v) is 0.909. The van der Waals surface area contributed by atoms with E-state index in [1.165, 1.54) is 7.11 Å². The molecule has 0 radical (unpaired) electrons. The maximum atomic E-state index is 10.1. The average Bonchev–Trinajstić information content (AvgIpc) is 1.63. The lowest BCUT2D eigenvalue weighted by Crippen LogP contribution is -1.94. The van der Waals surface area contributed by atoms with Gasteiger partial charge in [0.05, 0.1) is 11.9 Å². The molecular formula is C4H10NO3P. The van der Waals surface area contributed by atoms with Crippen molar-refractivity contribution in [1.82, 2.24) is 0 Å². The summed E-state index contributed by atoms with van der Waals surface area (Å²) in [5.74, 6) is 0. The fraction of sp³-hybridized carbons (Fsp3) is 0.750. The Bertz CT molecular complexity index is 134. The van der Waals surface area contributed by atoms with E-state index < -0.39 is 8.03 Å². The van der Waals surface area contributed by atoms with E-state index in [1.807, 2.05) is 0 Å². The molecule has 9 heavy (non-hydrogen) atoms. The number of hydrogen-bond acceptors (Lipinski definition) is 3. The highest BCUT2D eigenvalue weighted by Gasteiger charge is 1.95. The van der Waals surface area contributed by atoms with E-state index in [1.54, 1.807) is 6.92 Å². The zero-order chi connectivity index (χ0) is 7.28. The molecule has 0 heterocycles. The smallest absolute Gasteiger partial charge is 0.194 e. The molecule has 0 aliphatic heterocycles. The van der Waals surface area contributed by atoms with Gasteiger partial charge in [-0.1, -0.05) is 5.16 Å². The van der Waals surface area contributed by atoms with Crippen molar-refractivity contribution in [2.45, 2.75) is 6.92 Å². The molecule has 1 N–H and O–H groups in total. The van der Waals surface area contributed by atoms with Gasteiger partial charge in [-0.25, -0.2) is 0 Å². The van der Waals surface area contributed by atoms with Crippen LogP contribution in [0.3, 0.4) is 0 Å². The minimum absolute atomic E-state index is 0.124. The molecule has 0 aliphatic carbocycles. The molecule has 54 valence electrons. The van der Waals surface area contributed by atoms with Gasteiger partial charge in [-0.05, 0) is 6.92 Å². The van der Waals surface area contributed by atoms with Crippen LogP contribution in [-0.4, -0.2) is 23.9 Å². The van der Waals surface area contributed by atoms with E-state index in [0.29, 0.717) is 5.71 Å². The Hall–Kier alpha value is -0.340. The van der Waals surface area contributed by atoms with Crippen LogP contribution in [0.1, 0.15) is 6.92 Å². The van der Waals surface area contributed by atoms with Crippen molar-refractivity contribution >= 4 is 13.7 Å². The summed E-state index contributed by atoms with van der Waals surface area (Å²) in [6.07, 6.45) is 0.124. The molecule has 0 bridgehead atoms. The van der Waals surface area contributed by atoms with Gasteiger partial charge in [0.25, 0.3) is 0 Å². The van der Waals surface area contributed by atoms with Gasteiger partial charge in [0.2, 0.25) is 0 Å². The van der Waals surface area contributed by atoms with Gasteiger partial charge in [0, 0.05) is 0 Å². The normalized spacial score (nSPS) is 15.2. The molecular weight excluding hydrogens is 141 g/mol. The second-order valence-electron chi connectivity index (χ2n) is 1.58. The topological polar surface area (TPSA) is 58.9 Å². The third-order valence-electron chi connectivity index (χ3n) is 0.654. The van der Waals surface area contributed by atoms with Gasteiger partial charge in [0.1, 0.15) is 7.11 Å². The van der Waals surface area contributed by atoms with Crippen LogP contribution in [-0.2, 0) is 9.40 Å². The zero-order valence-corrected chi connectivity index (χ0v) is 6.42. The second kappa shape index (κ2) is 4.53. The summed E-state index contributed by atoms with van der Waals surface area (Å²) in [7, 11) is -1.02. The van der Waals surface area contributed by atoms with Gasteiger partial charge in [-0.15, -0.1) is 0 Å². The quantitative estimate of drug-likeness (QED) is 0.362. The summed E-state index contributed by atoms with van der Waals surface area (Å²) in [5.41, 5.74) is 0.545. The Kier molecular flexibility index (Phi) is 4.36. The molecule has 0 saturated heterocycles. The van der Waals surface area contributed by atoms with E-state index in [-0.39, 0.29) is 6.16 Å². The molecule has 0 fully saturated rings. The summed E-state index contributed by atoms with van der Waals surface area (Å²) < 4.78 is 10.1. The summed E-state index contributed by atoms with van der Waals surface area (Å²) in [6, 6.07) is 0. The Morgan fingerprint density at radius 1 is 1.89 bits per heavy atom. The summed E-state index contributed by atoms with van der Waals surface area (Å²) in [4.78, 5) is 12.7. The van der Waals surface area contributed by atoms with Crippen LogP contribution in [0.2, 0.25) is 0 Å². The Labute approximate surface area is 54.4 Å². The molecule has 0 rings (SSSR count). The first-order valence-electron chi connectivity index (χ1n) is 2.45.